The van der Waals surface area contributed by atoms with Gasteiger partial charge in [0.05, 0.1) is 12.2 Å². The Bertz CT molecular complexity index is 500. The molecule has 0 unspecified atom stereocenters. The van der Waals surface area contributed by atoms with E-state index in [1.165, 1.54) is 5.56 Å². The van der Waals surface area contributed by atoms with Gasteiger partial charge in [-0.05, 0) is 6.92 Å². The predicted molar refractivity (Wildman–Crippen MR) is 66.3 cm³/mol. The number of imidazole rings is 1. The number of rotatable bonds is 2. The molecular weight excluding hydrogens is 222 g/mol. The lowest BCUT2D eigenvalue weighted by Crippen LogP contribution is -2.05. The average molecular weight is 236 g/mol. The number of hydrogen-bond donors (Lipinski definition) is 1. The maximum atomic E-state index is 6.12. The van der Waals surface area contributed by atoms with E-state index >= 15 is 0 Å². The van der Waals surface area contributed by atoms with E-state index in [0.29, 0.717) is 11.7 Å². The van der Waals surface area contributed by atoms with E-state index in [1.54, 1.807) is 0 Å². The molecule has 0 spiro atoms. The van der Waals surface area contributed by atoms with Gasteiger partial charge in [-0.2, -0.15) is 0 Å². The quantitative estimate of drug-likeness (QED) is 0.869. The Labute approximate surface area is 99.9 Å². The summed E-state index contributed by atoms with van der Waals surface area (Å²) in [6.07, 6.45) is 0. The highest BCUT2D eigenvalue weighted by molar-refractivity contribution is 6.32. The molecule has 2 rings (SSSR count). The maximum absolute atomic E-state index is 6.12. The van der Waals surface area contributed by atoms with Crippen LogP contribution in [0.2, 0.25) is 5.15 Å². The Morgan fingerprint density at radius 3 is 2.44 bits per heavy atom. The third-order valence-corrected chi connectivity index (χ3v) is 2.92. The van der Waals surface area contributed by atoms with Crippen LogP contribution in [0.3, 0.4) is 0 Å². The average Bonchev–Trinajstić information content (AvgIpc) is 2.56. The van der Waals surface area contributed by atoms with Crippen molar-refractivity contribution < 1.29 is 0 Å². The molecule has 2 N–H and O–H groups in total. The minimum absolute atomic E-state index is 0.391. The number of aromatic nitrogens is 2. The summed E-state index contributed by atoms with van der Waals surface area (Å²) >= 11 is 6.12. The standard InChI is InChI=1S/C12H14ClN3/c1-8-3-5-9(6-4-8)11-12(13)15-10(7-14)16(11)2/h3-6H,7,14H2,1-2H3. The fourth-order valence-corrected chi connectivity index (χ4v) is 2.05. The van der Waals surface area contributed by atoms with E-state index in [1.807, 2.05) is 23.7 Å². The maximum Gasteiger partial charge on any atom is 0.155 e. The number of nitrogens with two attached hydrogens (primary N) is 1. The summed E-state index contributed by atoms with van der Waals surface area (Å²) in [6, 6.07) is 8.19. The molecule has 1 aromatic carbocycles. The molecule has 0 aliphatic rings. The Morgan fingerprint density at radius 1 is 1.31 bits per heavy atom. The van der Waals surface area contributed by atoms with Crippen molar-refractivity contribution in [3.8, 4) is 11.3 Å². The van der Waals surface area contributed by atoms with Crippen LogP contribution in [0, 0.1) is 6.92 Å². The van der Waals surface area contributed by atoms with Crippen LogP contribution < -0.4 is 5.73 Å². The molecule has 0 bridgehead atoms. The van der Waals surface area contributed by atoms with Gasteiger partial charge in [-0.3, -0.25) is 0 Å². The summed E-state index contributed by atoms with van der Waals surface area (Å²) in [5.74, 6) is 0.792. The molecule has 1 heterocycles. The van der Waals surface area contributed by atoms with Crippen LogP contribution in [0.25, 0.3) is 11.3 Å². The molecule has 16 heavy (non-hydrogen) atoms. The largest absolute Gasteiger partial charge is 0.329 e. The van der Waals surface area contributed by atoms with Crippen LogP contribution >= 0.6 is 11.6 Å². The van der Waals surface area contributed by atoms with E-state index in [-0.39, 0.29) is 0 Å². The SMILES string of the molecule is Cc1ccc(-c2c(Cl)nc(CN)n2C)cc1. The topological polar surface area (TPSA) is 43.8 Å². The lowest BCUT2D eigenvalue weighted by molar-refractivity contribution is 0.799. The second-order valence-corrected chi connectivity index (χ2v) is 4.15. The smallest absolute Gasteiger partial charge is 0.155 e. The van der Waals surface area contributed by atoms with Crippen LogP contribution in [-0.2, 0) is 13.6 Å². The van der Waals surface area contributed by atoms with Crippen molar-refractivity contribution in [2.24, 2.45) is 12.8 Å². The second-order valence-electron chi connectivity index (χ2n) is 3.80. The molecule has 0 saturated heterocycles. The molecule has 0 saturated carbocycles. The van der Waals surface area contributed by atoms with Crippen molar-refractivity contribution >= 4 is 11.6 Å². The first kappa shape index (κ1) is 11.2. The van der Waals surface area contributed by atoms with Crippen LogP contribution in [0.15, 0.2) is 24.3 Å². The number of halogens is 1. The van der Waals surface area contributed by atoms with Gasteiger partial charge in [0.15, 0.2) is 5.15 Å². The molecule has 0 amide bonds. The molecule has 0 radical (unpaired) electrons. The number of benzene rings is 1. The number of hydrogen-bond acceptors (Lipinski definition) is 2. The molecule has 3 nitrogen and oxygen atoms in total. The summed E-state index contributed by atoms with van der Waals surface area (Å²) in [5.41, 5.74) is 8.80. The zero-order valence-electron chi connectivity index (χ0n) is 9.37. The highest BCUT2D eigenvalue weighted by Crippen LogP contribution is 2.28. The molecule has 0 aliphatic carbocycles. The van der Waals surface area contributed by atoms with Gasteiger partial charge < -0.3 is 10.3 Å². The van der Waals surface area contributed by atoms with Gasteiger partial charge in [0.2, 0.25) is 0 Å². The van der Waals surface area contributed by atoms with E-state index in [2.05, 4.69) is 24.0 Å². The van der Waals surface area contributed by atoms with E-state index in [9.17, 15) is 0 Å². The Balaban J connectivity index is 2.55. The summed E-state index contributed by atoms with van der Waals surface area (Å²) < 4.78 is 1.94. The predicted octanol–water partition coefficient (Wildman–Crippen LogP) is 2.51. The first-order chi connectivity index (χ1) is 7.63. The summed E-state index contributed by atoms with van der Waals surface area (Å²) in [7, 11) is 1.93. The molecular formula is C12H14ClN3. The van der Waals surface area contributed by atoms with Gasteiger partial charge in [-0.15, -0.1) is 0 Å². The van der Waals surface area contributed by atoms with Gasteiger partial charge in [0.1, 0.15) is 5.82 Å². The van der Waals surface area contributed by atoms with Gasteiger partial charge in [-0.1, -0.05) is 41.4 Å². The van der Waals surface area contributed by atoms with Crippen LogP contribution in [0.5, 0.6) is 0 Å². The fourth-order valence-electron chi connectivity index (χ4n) is 1.72. The zero-order valence-corrected chi connectivity index (χ0v) is 10.1. The molecule has 2 aromatic rings. The lowest BCUT2D eigenvalue weighted by Gasteiger charge is -2.05. The Hall–Kier alpha value is -1.32. The monoisotopic (exact) mass is 235 g/mol. The highest BCUT2D eigenvalue weighted by atomic mass is 35.5. The summed E-state index contributed by atoms with van der Waals surface area (Å²) in [4.78, 5) is 4.23. The van der Waals surface area contributed by atoms with E-state index in [0.717, 1.165) is 17.1 Å². The zero-order chi connectivity index (χ0) is 11.7. The first-order valence-corrected chi connectivity index (χ1v) is 5.49. The molecule has 0 fully saturated rings. The third kappa shape index (κ3) is 1.84. The van der Waals surface area contributed by atoms with E-state index < -0.39 is 0 Å². The van der Waals surface area contributed by atoms with Crippen LogP contribution in [-0.4, -0.2) is 9.55 Å². The molecule has 1 aromatic heterocycles. The van der Waals surface area contributed by atoms with Crippen LogP contribution in [0.4, 0.5) is 0 Å². The highest BCUT2D eigenvalue weighted by Gasteiger charge is 2.13. The van der Waals surface area contributed by atoms with Crippen molar-refractivity contribution in [3.63, 3.8) is 0 Å². The van der Waals surface area contributed by atoms with Crippen molar-refractivity contribution in [2.75, 3.05) is 0 Å². The van der Waals surface area contributed by atoms with Gasteiger partial charge in [0, 0.05) is 12.6 Å². The minimum atomic E-state index is 0.391. The van der Waals surface area contributed by atoms with Gasteiger partial charge >= 0.3 is 0 Å². The third-order valence-electron chi connectivity index (χ3n) is 2.65. The fraction of sp³-hybridized carbons (Fsp3) is 0.250. The van der Waals surface area contributed by atoms with Crippen molar-refractivity contribution in [2.45, 2.75) is 13.5 Å². The Kier molecular flexibility index (Phi) is 2.99. The van der Waals surface area contributed by atoms with Gasteiger partial charge in [0.25, 0.3) is 0 Å². The van der Waals surface area contributed by atoms with Crippen molar-refractivity contribution in [1.29, 1.82) is 0 Å². The summed E-state index contributed by atoms with van der Waals surface area (Å²) in [5, 5.41) is 0.506. The van der Waals surface area contributed by atoms with Crippen LogP contribution in [0.1, 0.15) is 11.4 Å². The van der Waals surface area contributed by atoms with Crippen molar-refractivity contribution in [1.82, 2.24) is 9.55 Å². The van der Waals surface area contributed by atoms with E-state index in [4.69, 9.17) is 17.3 Å². The molecule has 84 valence electrons. The lowest BCUT2D eigenvalue weighted by atomic mass is 10.1. The normalized spacial score (nSPS) is 10.8. The number of aryl methyl sites for hydroxylation is 1. The second kappa shape index (κ2) is 4.28. The molecule has 0 atom stereocenters. The van der Waals surface area contributed by atoms with Gasteiger partial charge in [-0.25, -0.2) is 4.98 Å². The Morgan fingerprint density at radius 2 is 1.94 bits per heavy atom. The number of nitrogens with zero attached hydrogens (tertiary/aromatic N) is 2. The summed E-state index contributed by atoms with van der Waals surface area (Å²) in [6.45, 7) is 2.45. The molecule has 0 aliphatic heterocycles. The first-order valence-electron chi connectivity index (χ1n) is 5.11. The molecule has 4 heteroatoms. The van der Waals surface area contributed by atoms with Crippen molar-refractivity contribution in [3.05, 3.63) is 40.8 Å². The minimum Gasteiger partial charge on any atom is -0.329 e.